The molecular weight excluding hydrogens is 126 g/mol. The van der Waals surface area contributed by atoms with Crippen molar-refractivity contribution < 1.29 is 9.59 Å². The summed E-state index contributed by atoms with van der Waals surface area (Å²) >= 11 is 0. The molecule has 2 nitrogen and oxygen atoms in total. The van der Waals surface area contributed by atoms with Crippen LogP contribution in [0.1, 0.15) is 19.8 Å². The number of rotatable bonds is 3. The summed E-state index contributed by atoms with van der Waals surface area (Å²) in [5.74, 6) is 0. The second-order valence-corrected chi connectivity index (χ2v) is 3.37. The summed E-state index contributed by atoms with van der Waals surface area (Å²) < 4.78 is 1.10. The maximum atomic E-state index is 8.25. The van der Waals surface area contributed by atoms with Crippen LogP contribution in [-0.2, 0) is 0 Å². The Morgan fingerprint density at radius 3 is 1.60 bits per heavy atom. The van der Waals surface area contributed by atoms with E-state index in [1.54, 1.807) is 0 Å². The van der Waals surface area contributed by atoms with Crippen LogP contribution in [0, 0.1) is 0 Å². The molecule has 0 aliphatic heterocycles. The third kappa shape index (κ3) is 15.7. The molecule has 0 heterocycles. The minimum Gasteiger partial charge on any atom is -0.857 e. The van der Waals surface area contributed by atoms with E-state index in [0.29, 0.717) is 0 Å². The van der Waals surface area contributed by atoms with E-state index in [2.05, 4.69) is 28.1 Å². The summed E-state index contributed by atoms with van der Waals surface area (Å²) in [5, 5.41) is 8.25. The number of quaternary nitrogens is 1. The van der Waals surface area contributed by atoms with Crippen LogP contribution in [0.3, 0.4) is 0 Å². The van der Waals surface area contributed by atoms with Gasteiger partial charge in [0.25, 0.3) is 0 Å². The van der Waals surface area contributed by atoms with Crippen molar-refractivity contribution in [3.63, 3.8) is 0 Å². The van der Waals surface area contributed by atoms with Gasteiger partial charge in [0.15, 0.2) is 0 Å². The van der Waals surface area contributed by atoms with Gasteiger partial charge >= 0.3 is 0 Å². The molecule has 0 spiro atoms. The third-order valence-electron chi connectivity index (χ3n) is 1.18. The fourth-order valence-electron chi connectivity index (χ4n) is 0.632. The van der Waals surface area contributed by atoms with Crippen LogP contribution in [0.25, 0.3) is 0 Å². The van der Waals surface area contributed by atoms with Crippen molar-refractivity contribution in [2.24, 2.45) is 0 Å². The number of nitrogens with zero attached hydrogens (tertiary/aromatic N) is 1. The molecule has 0 aromatic rings. The Hall–Kier alpha value is -0.0800. The Bertz CT molecular complexity index is 56.8. The Balaban J connectivity index is 0. The average molecular weight is 147 g/mol. The highest BCUT2D eigenvalue weighted by Gasteiger charge is 2.02. The summed E-state index contributed by atoms with van der Waals surface area (Å²) in [6.45, 7) is 3.53. The number of unbranched alkanes of at least 4 members (excludes halogenated alkanes) is 1. The molecule has 0 saturated heterocycles. The van der Waals surface area contributed by atoms with Gasteiger partial charge in [0.05, 0.1) is 27.7 Å². The van der Waals surface area contributed by atoms with Crippen molar-refractivity contribution in [1.29, 1.82) is 0 Å². The maximum Gasteiger partial charge on any atom is 0.0780 e. The molecule has 0 aromatic heterocycles. The van der Waals surface area contributed by atoms with Gasteiger partial charge in [-0.15, -0.1) is 0 Å². The van der Waals surface area contributed by atoms with Gasteiger partial charge in [-0.3, -0.25) is 0 Å². The summed E-state index contributed by atoms with van der Waals surface area (Å²) in [7, 11) is 7.45. The lowest BCUT2D eigenvalue weighted by atomic mass is 10.3. The summed E-state index contributed by atoms with van der Waals surface area (Å²) in [6.07, 6.45) is 2.67. The Labute approximate surface area is 65.1 Å². The molecular formula is C8H21NO. The minimum absolute atomic E-state index is 0.750. The summed E-state index contributed by atoms with van der Waals surface area (Å²) in [4.78, 5) is 0. The molecule has 0 aliphatic rings. The van der Waals surface area contributed by atoms with E-state index in [-0.39, 0.29) is 0 Å². The fraction of sp³-hybridized carbons (Fsp3) is 1.00. The van der Waals surface area contributed by atoms with Gasteiger partial charge in [-0.05, 0) is 6.42 Å². The van der Waals surface area contributed by atoms with Crippen molar-refractivity contribution >= 4 is 0 Å². The first-order valence-electron chi connectivity index (χ1n) is 3.77. The molecule has 0 saturated carbocycles. The molecule has 0 bridgehead atoms. The normalized spacial score (nSPS) is 10.2. The van der Waals surface area contributed by atoms with Crippen molar-refractivity contribution in [2.45, 2.75) is 19.8 Å². The lowest BCUT2D eigenvalue weighted by Crippen LogP contribution is -2.35. The lowest BCUT2D eigenvalue weighted by molar-refractivity contribution is -0.870. The van der Waals surface area contributed by atoms with E-state index in [1.807, 2.05) is 0 Å². The largest absolute Gasteiger partial charge is 0.857 e. The van der Waals surface area contributed by atoms with Gasteiger partial charge in [-0.25, -0.2) is 0 Å². The smallest absolute Gasteiger partial charge is 0.0780 e. The van der Waals surface area contributed by atoms with E-state index in [4.69, 9.17) is 5.11 Å². The summed E-state index contributed by atoms with van der Waals surface area (Å²) in [5.41, 5.74) is 0. The molecule has 0 aromatic carbocycles. The van der Waals surface area contributed by atoms with Crippen LogP contribution in [0.4, 0.5) is 0 Å². The number of hydrogen-bond donors (Lipinski definition) is 0. The van der Waals surface area contributed by atoms with Gasteiger partial charge in [-0.1, -0.05) is 13.3 Å². The van der Waals surface area contributed by atoms with Gasteiger partial charge < -0.3 is 9.59 Å². The maximum absolute atomic E-state index is 8.25. The molecule has 0 unspecified atom stereocenters. The van der Waals surface area contributed by atoms with Crippen molar-refractivity contribution in [1.82, 2.24) is 0 Å². The average Bonchev–Trinajstić information content (AvgIpc) is 1.87. The van der Waals surface area contributed by atoms with Gasteiger partial charge in [0.1, 0.15) is 0 Å². The summed E-state index contributed by atoms with van der Waals surface area (Å²) in [6, 6.07) is 0. The molecule has 0 N–H and O–H groups in total. The second kappa shape index (κ2) is 7.03. The molecule has 0 radical (unpaired) electrons. The molecule has 10 heavy (non-hydrogen) atoms. The van der Waals surface area contributed by atoms with E-state index in [1.165, 1.54) is 19.4 Å². The highest BCUT2D eigenvalue weighted by molar-refractivity contribution is 4.29. The fourth-order valence-corrected chi connectivity index (χ4v) is 0.632. The first-order valence-corrected chi connectivity index (χ1v) is 3.77. The Morgan fingerprint density at radius 2 is 1.50 bits per heavy atom. The molecule has 0 amide bonds. The van der Waals surface area contributed by atoms with Crippen LogP contribution in [0.15, 0.2) is 0 Å². The van der Waals surface area contributed by atoms with E-state index < -0.39 is 0 Å². The van der Waals surface area contributed by atoms with Gasteiger partial charge in [-0.2, -0.15) is 7.11 Å². The van der Waals surface area contributed by atoms with Crippen LogP contribution >= 0.6 is 0 Å². The first kappa shape index (κ1) is 12.6. The third-order valence-corrected chi connectivity index (χ3v) is 1.18. The highest BCUT2D eigenvalue weighted by Crippen LogP contribution is 1.94. The standard InChI is InChI=1S/C7H18N.CH3O/c1-5-6-7-8(2,3)4;1-2/h5-7H2,1-4H3;1H3/q+1;-1. The van der Waals surface area contributed by atoms with Crippen molar-refractivity contribution in [3.05, 3.63) is 0 Å². The highest BCUT2D eigenvalue weighted by atomic mass is 16.2. The van der Waals surface area contributed by atoms with Gasteiger partial charge in [0.2, 0.25) is 0 Å². The zero-order valence-electron chi connectivity index (χ0n) is 7.98. The quantitative estimate of drug-likeness (QED) is 0.532. The minimum atomic E-state index is 0.750. The van der Waals surface area contributed by atoms with E-state index >= 15 is 0 Å². The molecule has 0 rings (SSSR count). The van der Waals surface area contributed by atoms with Crippen LogP contribution in [0.2, 0.25) is 0 Å². The second-order valence-electron chi connectivity index (χ2n) is 3.37. The SMILES string of the molecule is CCCC[N+](C)(C)C.C[O-]. The molecule has 64 valence electrons. The monoisotopic (exact) mass is 147 g/mol. The molecule has 0 atom stereocenters. The zero-order valence-corrected chi connectivity index (χ0v) is 7.98. The predicted octanol–water partition coefficient (Wildman–Crippen LogP) is 0.469. The molecule has 2 heteroatoms. The molecule has 0 aliphatic carbocycles. The van der Waals surface area contributed by atoms with E-state index in [9.17, 15) is 0 Å². The lowest BCUT2D eigenvalue weighted by Gasteiger charge is -2.23. The predicted molar refractivity (Wildman–Crippen MR) is 43.7 cm³/mol. The Kier molecular flexibility index (Phi) is 8.85. The molecule has 0 fully saturated rings. The topological polar surface area (TPSA) is 23.1 Å². The Morgan fingerprint density at radius 1 is 1.10 bits per heavy atom. The number of hydrogen-bond acceptors (Lipinski definition) is 1. The van der Waals surface area contributed by atoms with Crippen molar-refractivity contribution in [3.8, 4) is 0 Å². The van der Waals surface area contributed by atoms with Crippen molar-refractivity contribution in [2.75, 3.05) is 34.8 Å². The van der Waals surface area contributed by atoms with Crippen LogP contribution in [0.5, 0.6) is 0 Å². The first-order chi connectivity index (χ1) is 4.56. The van der Waals surface area contributed by atoms with Crippen LogP contribution in [-0.4, -0.2) is 39.3 Å². The van der Waals surface area contributed by atoms with Gasteiger partial charge in [0, 0.05) is 0 Å². The zero-order chi connectivity index (χ0) is 8.62. The van der Waals surface area contributed by atoms with E-state index in [0.717, 1.165) is 11.6 Å². The van der Waals surface area contributed by atoms with Crippen LogP contribution < -0.4 is 5.11 Å².